The lowest BCUT2D eigenvalue weighted by atomic mass is 10.0. The topological polar surface area (TPSA) is 91.7 Å². The van der Waals surface area contributed by atoms with Crippen molar-refractivity contribution in [3.8, 4) is 0 Å². The first-order chi connectivity index (χ1) is 15.0. The van der Waals surface area contributed by atoms with Crippen LogP contribution < -0.4 is 10.6 Å². The number of piperidine rings is 1. The van der Waals surface area contributed by atoms with Gasteiger partial charge in [-0.1, -0.05) is 12.1 Å². The second-order valence-corrected chi connectivity index (χ2v) is 8.41. The molecule has 3 heterocycles. The molecule has 4 rings (SSSR count). The van der Waals surface area contributed by atoms with E-state index in [0.717, 1.165) is 0 Å². The number of furan rings is 1. The zero-order valence-electron chi connectivity index (χ0n) is 17.1. The molecule has 0 spiro atoms. The number of hydrogen-bond donors (Lipinski definition) is 2. The molecular formula is C23H23N3O4S. The van der Waals surface area contributed by atoms with Crippen LogP contribution in [0.5, 0.6) is 0 Å². The summed E-state index contributed by atoms with van der Waals surface area (Å²) in [7, 11) is 0. The quantitative estimate of drug-likeness (QED) is 0.633. The Kier molecular flexibility index (Phi) is 6.18. The normalized spacial score (nSPS) is 14.3. The van der Waals surface area contributed by atoms with Gasteiger partial charge in [-0.25, -0.2) is 0 Å². The van der Waals surface area contributed by atoms with Crippen LogP contribution in [0.1, 0.15) is 49.2 Å². The highest BCUT2D eigenvalue weighted by atomic mass is 32.1. The number of anilines is 1. The highest BCUT2D eigenvalue weighted by Crippen LogP contribution is 2.19. The van der Waals surface area contributed by atoms with Crippen LogP contribution in [-0.4, -0.2) is 41.8 Å². The molecule has 160 valence electrons. The van der Waals surface area contributed by atoms with E-state index in [1.54, 1.807) is 54.3 Å². The lowest BCUT2D eigenvalue weighted by Gasteiger charge is -2.32. The van der Waals surface area contributed by atoms with Crippen LogP contribution in [0.4, 0.5) is 5.69 Å². The molecule has 0 atom stereocenters. The number of nitrogens with zero attached hydrogens (tertiary/aromatic N) is 1. The Hall–Kier alpha value is -3.39. The Morgan fingerprint density at radius 2 is 1.84 bits per heavy atom. The van der Waals surface area contributed by atoms with Crippen molar-refractivity contribution in [3.05, 3.63) is 75.9 Å². The maximum atomic E-state index is 12.9. The molecule has 1 fully saturated rings. The number of thiophene rings is 1. The molecule has 1 aromatic carbocycles. The van der Waals surface area contributed by atoms with Gasteiger partial charge in [-0.2, -0.15) is 0 Å². The molecule has 1 aliphatic heterocycles. The van der Waals surface area contributed by atoms with Crippen molar-refractivity contribution in [3.63, 3.8) is 0 Å². The van der Waals surface area contributed by atoms with Crippen LogP contribution in [0.3, 0.4) is 0 Å². The van der Waals surface area contributed by atoms with Gasteiger partial charge in [0.2, 0.25) is 0 Å². The molecule has 2 aromatic heterocycles. The molecule has 0 radical (unpaired) electrons. The molecular weight excluding hydrogens is 414 g/mol. The minimum absolute atomic E-state index is 0.00151. The summed E-state index contributed by atoms with van der Waals surface area (Å²) in [5.41, 5.74) is 1.11. The van der Waals surface area contributed by atoms with Crippen LogP contribution in [0.15, 0.2) is 58.3 Å². The van der Waals surface area contributed by atoms with Crippen LogP contribution >= 0.6 is 11.3 Å². The smallest absolute Gasteiger partial charge is 0.287 e. The summed E-state index contributed by atoms with van der Waals surface area (Å²) in [6.45, 7) is 2.89. The van der Waals surface area contributed by atoms with Crippen molar-refractivity contribution in [2.75, 3.05) is 18.4 Å². The average molecular weight is 438 g/mol. The lowest BCUT2D eigenvalue weighted by Crippen LogP contribution is -2.46. The summed E-state index contributed by atoms with van der Waals surface area (Å²) < 4.78 is 5.36. The highest BCUT2D eigenvalue weighted by molar-refractivity contribution is 7.12. The Morgan fingerprint density at radius 3 is 2.52 bits per heavy atom. The van der Waals surface area contributed by atoms with E-state index in [-0.39, 0.29) is 23.8 Å². The Labute approximate surface area is 184 Å². The maximum Gasteiger partial charge on any atom is 0.287 e. The van der Waals surface area contributed by atoms with Crippen molar-refractivity contribution >= 4 is 34.7 Å². The molecule has 1 aliphatic rings. The molecule has 0 unspecified atom stereocenters. The Bertz CT molecular complexity index is 1080. The van der Waals surface area contributed by atoms with Gasteiger partial charge in [0.25, 0.3) is 17.7 Å². The second kappa shape index (κ2) is 9.18. The predicted octanol–water partition coefficient (Wildman–Crippen LogP) is 3.94. The highest BCUT2D eigenvalue weighted by Gasteiger charge is 2.25. The zero-order chi connectivity index (χ0) is 21.8. The molecule has 31 heavy (non-hydrogen) atoms. The maximum absolute atomic E-state index is 12.9. The van der Waals surface area contributed by atoms with E-state index in [9.17, 15) is 14.4 Å². The molecule has 0 bridgehead atoms. The number of hydrogen-bond acceptors (Lipinski definition) is 5. The zero-order valence-corrected chi connectivity index (χ0v) is 17.9. The number of carbonyl (C=O) groups is 3. The summed E-state index contributed by atoms with van der Waals surface area (Å²) in [6, 6.07) is 14.0. The van der Waals surface area contributed by atoms with E-state index < -0.39 is 0 Å². The van der Waals surface area contributed by atoms with Crippen LogP contribution in [0.2, 0.25) is 0 Å². The van der Waals surface area contributed by atoms with Gasteiger partial charge in [0.1, 0.15) is 5.76 Å². The monoisotopic (exact) mass is 437 g/mol. The van der Waals surface area contributed by atoms with Gasteiger partial charge in [0.15, 0.2) is 5.76 Å². The van der Waals surface area contributed by atoms with Crippen LogP contribution in [0, 0.1) is 6.92 Å². The van der Waals surface area contributed by atoms with Gasteiger partial charge < -0.3 is 20.0 Å². The number of nitrogens with one attached hydrogen (secondary N) is 2. The fourth-order valence-electron chi connectivity index (χ4n) is 3.55. The molecule has 0 saturated carbocycles. The van der Waals surface area contributed by atoms with Crippen molar-refractivity contribution in [2.45, 2.75) is 25.8 Å². The van der Waals surface area contributed by atoms with Crippen molar-refractivity contribution in [2.24, 2.45) is 0 Å². The van der Waals surface area contributed by atoms with E-state index in [2.05, 4.69) is 10.6 Å². The van der Waals surface area contributed by atoms with Gasteiger partial charge in [-0.05, 0) is 61.5 Å². The van der Waals surface area contributed by atoms with E-state index in [1.165, 1.54) is 11.3 Å². The second-order valence-electron chi connectivity index (χ2n) is 7.46. The third-order valence-electron chi connectivity index (χ3n) is 5.19. The van der Waals surface area contributed by atoms with Gasteiger partial charge in [-0.3, -0.25) is 14.4 Å². The fourth-order valence-corrected chi connectivity index (χ4v) is 4.17. The number of rotatable bonds is 5. The number of likely N-dealkylation sites (tertiary alicyclic amines) is 1. The number of amides is 3. The average Bonchev–Trinajstić information content (AvgIpc) is 3.46. The first-order valence-electron chi connectivity index (χ1n) is 10.1. The Balaban J connectivity index is 1.32. The summed E-state index contributed by atoms with van der Waals surface area (Å²) in [6.07, 6.45) is 1.35. The molecule has 8 heteroatoms. The molecule has 3 aromatic rings. The van der Waals surface area contributed by atoms with Gasteiger partial charge in [-0.15, -0.1) is 11.3 Å². The van der Waals surface area contributed by atoms with E-state index in [4.69, 9.17) is 4.42 Å². The third kappa shape index (κ3) is 5.03. The SMILES string of the molecule is Cc1ccc(C(=O)NC2CCN(C(=O)c3cccc(NC(=O)c4cccs4)c3)CC2)o1. The Morgan fingerprint density at radius 1 is 1.03 bits per heavy atom. The lowest BCUT2D eigenvalue weighted by molar-refractivity contribution is 0.0695. The van der Waals surface area contributed by atoms with E-state index in [1.807, 2.05) is 11.4 Å². The predicted molar refractivity (Wildman–Crippen MR) is 119 cm³/mol. The summed E-state index contributed by atoms with van der Waals surface area (Å²) in [4.78, 5) is 39.8. The summed E-state index contributed by atoms with van der Waals surface area (Å²) in [5, 5.41) is 7.65. The van der Waals surface area contributed by atoms with Gasteiger partial charge >= 0.3 is 0 Å². The van der Waals surface area contributed by atoms with E-state index in [0.29, 0.717) is 53.6 Å². The summed E-state index contributed by atoms with van der Waals surface area (Å²) in [5.74, 6) is 0.491. The first-order valence-corrected chi connectivity index (χ1v) is 11.0. The number of carbonyl (C=O) groups excluding carboxylic acids is 3. The largest absolute Gasteiger partial charge is 0.456 e. The number of benzene rings is 1. The van der Waals surface area contributed by atoms with Crippen LogP contribution in [0.25, 0.3) is 0 Å². The van der Waals surface area contributed by atoms with E-state index >= 15 is 0 Å². The van der Waals surface area contributed by atoms with Gasteiger partial charge in [0.05, 0.1) is 4.88 Å². The number of aryl methyl sites for hydroxylation is 1. The molecule has 7 nitrogen and oxygen atoms in total. The fraction of sp³-hybridized carbons (Fsp3) is 0.261. The summed E-state index contributed by atoms with van der Waals surface area (Å²) >= 11 is 1.36. The van der Waals surface area contributed by atoms with Crippen molar-refractivity contribution in [1.29, 1.82) is 0 Å². The van der Waals surface area contributed by atoms with Gasteiger partial charge in [0, 0.05) is 30.4 Å². The molecule has 2 N–H and O–H groups in total. The minimum Gasteiger partial charge on any atom is -0.456 e. The van der Waals surface area contributed by atoms with Crippen molar-refractivity contribution in [1.82, 2.24) is 10.2 Å². The first kappa shape index (κ1) is 20.9. The standard InChI is InChI=1S/C23H23N3O4S/c1-15-7-8-19(30-15)21(27)24-17-9-11-26(12-10-17)23(29)16-4-2-5-18(14-16)25-22(28)20-6-3-13-31-20/h2-8,13-14,17H,9-12H2,1H3,(H,24,27)(H,25,28). The van der Waals surface area contributed by atoms with Crippen molar-refractivity contribution < 1.29 is 18.8 Å². The molecule has 1 saturated heterocycles. The third-order valence-corrected chi connectivity index (χ3v) is 6.06. The molecule has 3 amide bonds. The minimum atomic E-state index is -0.230. The molecule has 0 aliphatic carbocycles. The van der Waals surface area contributed by atoms with Crippen LogP contribution in [-0.2, 0) is 0 Å².